The Kier molecular flexibility index (Phi) is 64.6. The van der Waals surface area contributed by atoms with Crippen molar-refractivity contribution in [2.24, 2.45) is 11.8 Å². The highest BCUT2D eigenvalue weighted by Gasteiger charge is 2.30. The first-order chi connectivity index (χ1) is 44.9. The fourth-order valence-corrected chi connectivity index (χ4v) is 12.9. The highest BCUT2D eigenvalue weighted by Crippen LogP contribution is 2.45. The zero-order chi connectivity index (χ0) is 68.6. The minimum Gasteiger partial charge on any atom is -0.462 e. The number of rotatable bonds is 73. The number of hydrogen-bond acceptors (Lipinski definition) is 15. The molecule has 0 aliphatic heterocycles. The molecule has 0 amide bonds. The van der Waals surface area contributed by atoms with Gasteiger partial charge in [-0.15, -0.1) is 0 Å². The van der Waals surface area contributed by atoms with E-state index >= 15 is 0 Å². The molecule has 0 bridgehead atoms. The van der Waals surface area contributed by atoms with Crippen molar-refractivity contribution in [3.05, 3.63) is 0 Å². The predicted molar refractivity (Wildman–Crippen MR) is 377 cm³/mol. The van der Waals surface area contributed by atoms with Gasteiger partial charge in [-0.3, -0.25) is 37.3 Å². The van der Waals surface area contributed by atoms with Gasteiger partial charge in [0.1, 0.15) is 19.3 Å². The van der Waals surface area contributed by atoms with Crippen molar-refractivity contribution in [3.8, 4) is 0 Å². The van der Waals surface area contributed by atoms with Crippen LogP contribution in [0.3, 0.4) is 0 Å². The van der Waals surface area contributed by atoms with E-state index < -0.39 is 97.5 Å². The molecule has 0 aliphatic carbocycles. The average Bonchev–Trinajstić information content (AvgIpc) is 2.80. The summed E-state index contributed by atoms with van der Waals surface area (Å²) in [6, 6.07) is 0. The van der Waals surface area contributed by atoms with Crippen molar-refractivity contribution in [1.29, 1.82) is 0 Å². The Hall–Kier alpha value is -1.94. The summed E-state index contributed by atoms with van der Waals surface area (Å²) in [4.78, 5) is 72.6. The number of aliphatic hydroxyl groups is 1. The van der Waals surface area contributed by atoms with Crippen molar-refractivity contribution in [2.45, 2.75) is 400 Å². The summed E-state index contributed by atoms with van der Waals surface area (Å²) in [5, 5.41) is 10.6. The van der Waals surface area contributed by atoms with E-state index in [4.69, 9.17) is 37.0 Å². The monoisotopic (exact) mass is 1370 g/mol. The lowest BCUT2D eigenvalue weighted by Crippen LogP contribution is -2.30. The van der Waals surface area contributed by atoms with Crippen LogP contribution >= 0.6 is 15.6 Å². The summed E-state index contributed by atoms with van der Waals surface area (Å²) < 4.78 is 68.4. The second-order valence-corrected chi connectivity index (χ2v) is 30.5. The molecule has 0 radical (unpaired) electrons. The topological polar surface area (TPSA) is 237 Å². The Morgan fingerprint density at radius 3 is 0.731 bits per heavy atom. The number of aliphatic hydroxyl groups excluding tert-OH is 1. The zero-order valence-electron chi connectivity index (χ0n) is 60.6. The van der Waals surface area contributed by atoms with E-state index in [0.29, 0.717) is 25.7 Å². The molecule has 0 aromatic heterocycles. The lowest BCUT2D eigenvalue weighted by atomic mass is 10.0. The molecule has 0 heterocycles. The quantitative estimate of drug-likeness (QED) is 0.0222. The maximum atomic E-state index is 13.1. The summed E-state index contributed by atoms with van der Waals surface area (Å²) in [7, 11) is -9.90. The highest BCUT2D eigenvalue weighted by molar-refractivity contribution is 7.47. The molecular formula is C74H144O17P2. The lowest BCUT2D eigenvalue weighted by Gasteiger charge is -2.21. The molecule has 0 spiro atoms. The number of carbonyl (C=O) groups excluding carboxylic acids is 4. The molecule has 552 valence electrons. The molecule has 2 unspecified atom stereocenters. The van der Waals surface area contributed by atoms with Crippen LogP contribution in [-0.4, -0.2) is 96.7 Å². The number of ether oxygens (including phenoxy) is 4. The molecule has 0 saturated heterocycles. The minimum atomic E-state index is -4.95. The number of esters is 4. The number of phosphoric acid groups is 2. The second-order valence-electron chi connectivity index (χ2n) is 27.6. The van der Waals surface area contributed by atoms with Gasteiger partial charge in [-0.2, -0.15) is 0 Å². The summed E-state index contributed by atoms with van der Waals surface area (Å²) >= 11 is 0. The number of unbranched alkanes of at least 4 members (excludes halogenated alkanes) is 43. The van der Waals surface area contributed by atoms with Crippen LogP contribution in [-0.2, 0) is 65.4 Å². The third kappa shape index (κ3) is 68.4. The van der Waals surface area contributed by atoms with E-state index in [1.165, 1.54) is 199 Å². The maximum absolute atomic E-state index is 13.1. The van der Waals surface area contributed by atoms with E-state index in [9.17, 15) is 43.2 Å². The van der Waals surface area contributed by atoms with Gasteiger partial charge in [0.25, 0.3) is 0 Å². The van der Waals surface area contributed by atoms with E-state index in [0.717, 1.165) is 102 Å². The van der Waals surface area contributed by atoms with Gasteiger partial charge in [0.15, 0.2) is 12.2 Å². The molecule has 0 aromatic carbocycles. The summed E-state index contributed by atoms with van der Waals surface area (Å²) in [6.45, 7) is 9.51. The van der Waals surface area contributed by atoms with Gasteiger partial charge in [0.2, 0.25) is 0 Å². The van der Waals surface area contributed by atoms with E-state index in [1.54, 1.807) is 0 Å². The molecule has 19 heteroatoms. The van der Waals surface area contributed by atoms with Crippen molar-refractivity contribution in [1.82, 2.24) is 0 Å². The Morgan fingerprint density at radius 1 is 0.290 bits per heavy atom. The Bertz CT molecular complexity index is 1800. The van der Waals surface area contributed by atoms with Crippen molar-refractivity contribution >= 4 is 39.5 Å². The summed E-state index contributed by atoms with van der Waals surface area (Å²) in [6.07, 6.45) is 52.9. The lowest BCUT2D eigenvalue weighted by molar-refractivity contribution is -0.161. The van der Waals surface area contributed by atoms with Crippen molar-refractivity contribution < 1.29 is 80.2 Å². The van der Waals surface area contributed by atoms with E-state index in [1.807, 2.05) is 0 Å². The van der Waals surface area contributed by atoms with Crippen molar-refractivity contribution in [3.63, 3.8) is 0 Å². The molecule has 0 fully saturated rings. The van der Waals surface area contributed by atoms with Crippen molar-refractivity contribution in [2.75, 3.05) is 39.6 Å². The van der Waals surface area contributed by atoms with Crippen LogP contribution in [0.5, 0.6) is 0 Å². The minimum absolute atomic E-state index is 0.105. The second kappa shape index (κ2) is 66.0. The molecular weight excluding hydrogens is 1220 g/mol. The average molecular weight is 1370 g/mol. The summed E-state index contributed by atoms with van der Waals surface area (Å²) in [5.41, 5.74) is 0. The van der Waals surface area contributed by atoms with Gasteiger partial charge < -0.3 is 33.8 Å². The van der Waals surface area contributed by atoms with Crippen LogP contribution in [0.4, 0.5) is 0 Å². The first-order valence-corrected chi connectivity index (χ1v) is 41.5. The van der Waals surface area contributed by atoms with Crippen LogP contribution in [0.2, 0.25) is 0 Å². The van der Waals surface area contributed by atoms with Crippen LogP contribution < -0.4 is 0 Å². The molecule has 5 atom stereocenters. The first-order valence-electron chi connectivity index (χ1n) is 38.5. The Balaban J connectivity index is 5.19. The normalized spacial score (nSPS) is 14.1. The smallest absolute Gasteiger partial charge is 0.462 e. The first kappa shape index (κ1) is 91.1. The highest BCUT2D eigenvalue weighted by atomic mass is 31.2. The SMILES string of the molecule is CCCCCCCCCCCCCCCCCCCCCCC(=O)O[C@H](COC(=O)CCCCCCCCCCCCC(C)C)COP(=O)(O)OC[C@@H](O)COP(=O)(O)OC[C@@H](COC(=O)CCCCCCCCCCC)OC(=O)CCCCCCCCCCC(C)C. The largest absolute Gasteiger partial charge is 0.472 e. The fourth-order valence-electron chi connectivity index (χ4n) is 11.3. The van der Waals surface area contributed by atoms with Gasteiger partial charge >= 0.3 is 39.5 Å². The molecule has 0 saturated carbocycles. The number of hydrogen-bond donors (Lipinski definition) is 3. The maximum Gasteiger partial charge on any atom is 0.472 e. The molecule has 17 nitrogen and oxygen atoms in total. The molecule has 3 N–H and O–H groups in total. The molecule has 0 aromatic rings. The molecule has 93 heavy (non-hydrogen) atoms. The Labute approximate surface area is 568 Å². The van der Waals surface area contributed by atoms with Gasteiger partial charge in [0.05, 0.1) is 26.4 Å². The van der Waals surface area contributed by atoms with Crippen LogP contribution in [0, 0.1) is 11.8 Å². The van der Waals surface area contributed by atoms with Crippen LogP contribution in [0.25, 0.3) is 0 Å². The van der Waals surface area contributed by atoms with Gasteiger partial charge in [-0.1, -0.05) is 330 Å². The van der Waals surface area contributed by atoms with Gasteiger partial charge in [0, 0.05) is 25.7 Å². The predicted octanol–water partition coefficient (Wildman–Crippen LogP) is 21.6. The van der Waals surface area contributed by atoms with Crippen LogP contribution in [0.15, 0.2) is 0 Å². The summed E-state index contributed by atoms with van der Waals surface area (Å²) in [5.74, 6) is -0.645. The molecule has 0 rings (SSSR count). The number of carbonyl (C=O) groups is 4. The fraction of sp³-hybridized carbons (Fsp3) is 0.946. The third-order valence-electron chi connectivity index (χ3n) is 17.2. The zero-order valence-corrected chi connectivity index (χ0v) is 62.3. The van der Waals surface area contributed by atoms with Gasteiger partial charge in [-0.25, -0.2) is 9.13 Å². The number of phosphoric ester groups is 2. The van der Waals surface area contributed by atoms with E-state index in [-0.39, 0.29) is 25.7 Å². The standard InChI is InChI=1S/C74H144O17P2/c1-7-9-11-13-15-17-18-19-20-21-22-23-24-25-26-27-33-40-46-52-58-73(78)90-69(63-85-72(77)57-51-45-39-32-29-28-31-36-42-48-54-66(3)4)64-88-92(80,81)86-60-68(75)61-87-93(82,83)89-65-70(62-84-71(76)56-50-44-38-30-16-14-12-10-8-2)91-74(79)59-53-47-41-35-34-37-43-49-55-67(5)6/h66-70,75H,7-65H2,1-6H3,(H,80,81)(H,82,83)/t68-,69-,70-/m1/s1. The van der Waals surface area contributed by atoms with Crippen LogP contribution in [0.1, 0.15) is 382 Å². The third-order valence-corrected chi connectivity index (χ3v) is 19.1. The van der Waals surface area contributed by atoms with Gasteiger partial charge in [-0.05, 0) is 37.5 Å². The van der Waals surface area contributed by atoms with E-state index in [2.05, 4.69) is 41.5 Å². The Morgan fingerprint density at radius 2 is 0.495 bits per heavy atom. The molecule has 0 aliphatic rings.